The van der Waals surface area contributed by atoms with E-state index in [1.165, 1.54) is 6.07 Å². The molecule has 2 aromatic carbocycles. The molecule has 1 amide bonds. The summed E-state index contributed by atoms with van der Waals surface area (Å²) in [5, 5.41) is 12.2. The standard InChI is InChI=1S/C36H42FN5O4/c1-5-36(6-2,23-45-24(3)4)41-35(43)27-12-13-31-32(19-27)46-34(40-31)21-42-16-14-26(15-17-42)30-8-7-9-33(39-30)44-22-28-11-10-25(20-38)18-29(28)37/h7-13,18-19,24,26H,5-6,14-17,21-23H2,1-4H3,(H,41,43). The summed E-state index contributed by atoms with van der Waals surface area (Å²) in [6, 6.07) is 17.4. The molecule has 1 aliphatic heterocycles. The number of nitrogens with zero attached hydrogens (tertiary/aromatic N) is 4. The Morgan fingerprint density at radius 1 is 1.13 bits per heavy atom. The number of nitriles is 1. The van der Waals surface area contributed by atoms with E-state index in [0.717, 1.165) is 50.0 Å². The number of likely N-dealkylation sites (tertiary alicyclic amines) is 1. The molecule has 1 fully saturated rings. The van der Waals surface area contributed by atoms with E-state index in [-0.39, 0.29) is 30.1 Å². The van der Waals surface area contributed by atoms with Crippen LogP contribution >= 0.6 is 0 Å². The fourth-order valence-corrected chi connectivity index (χ4v) is 5.69. The molecule has 1 aliphatic rings. The van der Waals surface area contributed by atoms with Gasteiger partial charge < -0.3 is 19.2 Å². The average molecular weight is 628 g/mol. The van der Waals surface area contributed by atoms with Crippen LogP contribution in [0.25, 0.3) is 11.1 Å². The highest BCUT2D eigenvalue weighted by Crippen LogP contribution is 2.29. The Hall–Kier alpha value is -4.33. The quantitative estimate of drug-likeness (QED) is 0.170. The van der Waals surface area contributed by atoms with Gasteiger partial charge in [0.2, 0.25) is 11.8 Å². The van der Waals surface area contributed by atoms with Crippen LogP contribution in [-0.4, -0.2) is 52.1 Å². The Morgan fingerprint density at radius 3 is 2.61 bits per heavy atom. The zero-order valence-electron chi connectivity index (χ0n) is 27.0. The molecule has 0 saturated carbocycles. The van der Waals surface area contributed by atoms with Crippen LogP contribution in [0, 0.1) is 17.1 Å². The number of nitrogens with one attached hydrogen (secondary N) is 1. The summed E-state index contributed by atoms with van der Waals surface area (Å²) in [5.41, 5.74) is 3.03. The van der Waals surface area contributed by atoms with E-state index in [1.807, 2.05) is 38.1 Å². The maximum Gasteiger partial charge on any atom is 0.251 e. The van der Waals surface area contributed by atoms with Gasteiger partial charge in [0, 0.05) is 28.8 Å². The minimum absolute atomic E-state index is 0.0363. The van der Waals surface area contributed by atoms with E-state index < -0.39 is 11.4 Å². The predicted octanol–water partition coefficient (Wildman–Crippen LogP) is 6.91. The lowest BCUT2D eigenvalue weighted by molar-refractivity contribution is 0.0232. The van der Waals surface area contributed by atoms with Crippen molar-refractivity contribution in [2.24, 2.45) is 0 Å². The van der Waals surface area contributed by atoms with E-state index in [9.17, 15) is 9.18 Å². The molecule has 1 saturated heterocycles. The normalized spacial score (nSPS) is 14.5. The zero-order valence-corrected chi connectivity index (χ0v) is 27.0. The lowest BCUT2D eigenvalue weighted by Gasteiger charge is -2.33. The molecule has 242 valence electrons. The summed E-state index contributed by atoms with van der Waals surface area (Å²) in [6.45, 7) is 10.9. The minimum Gasteiger partial charge on any atom is -0.473 e. The Kier molecular flexibility index (Phi) is 10.7. The van der Waals surface area contributed by atoms with E-state index in [0.29, 0.717) is 41.6 Å². The minimum atomic E-state index is -0.467. The van der Waals surface area contributed by atoms with Crippen molar-refractivity contribution in [2.45, 2.75) is 84.1 Å². The molecule has 3 heterocycles. The second kappa shape index (κ2) is 14.8. The van der Waals surface area contributed by atoms with Crippen LogP contribution in [0.5, 0.6) is 5.88 Å². The summed E-state index contributed by atoms with van der Waals surface area (Å²) in [6.07, 6.45) is 3.46. The maximum absolute atomic E-state index is 14.2. The largest absolute Gasteiger partial charge is 0.473 e. The number of amides is 1. The zero-order chi connectivity index (χ0) is 32.7. The third kappa shape index (κ3) is 8.08. The summed E-state index contributed by atoms with van der Waals surface area (Å²) in [5.74, 6) is 0.729. The fraction of sp³-hybridized carbons (Fsp3) is 0.444. The first-order chi connectivity index (χ1) is 22.2. The van der Waals surface area contributed by atoms with Gasteiger partial charge in [-0.15, -0.1) is 0 Å². The first kappa shape index (κ1) is 33.0. The van der Waals surface area contributed by atoms with Crippen molar-refractivity contribution in [1.29, 1.82) is 5.26 Å². The van der Waals surface area contributed by atoms with Gasteiger partial charge in [0.05, 0.1) is 36.4 Å². The monoisotopic (exact) mass is 627 g/mol. The number of carbonyl (C=O) groups is 1. The Balaban J connectivity index is 1.15. The molecule has 2 aromatic heterocycles. The molecule has 0 unspecified atom stereocenters. The molecular weight excluding hydrogens is 585 g/mol. The first-order valence-corrected chi connectivity index (χ1v) is 16.0. The summed E-state index contributed by atoms with van der Waals surface area (Å²) >= 11 is 0. The van der Waals surface area contributed by atoms with Crippen LogP contribution in [0.4, 0.5) is 4.39 Å². The summed E-state index contributed by atoms with van der Waals surface area (Å²) in [7, 11) is 0. The summed E-state index contributed by atoms with van der Waals surface area (Å²) < 4.78 is 32.0. The van der Waals surface area contributed by atoms with Gasteiger partial charge in [-0.2, -0.15) is 5.26 Å². The average Bonchev–Trinajstić information content (AvgIpc) is 3.48. The van der Waals surface area contributed by atoms with Crippen LogP contribution in [0.3, 0.4) is 0 Å². The molecule has 0 radical (unpaired) electrons. The molecular formula is C36H42FN5O4. The smallest absolute Gasteiger partial charge is 0.251 e. The molecule has 4 aromatic rings. The van der Waals surface area contributed by atoms with Crippen molar-refractivity contribution in [3.63, 3.8) is 0 Å². The Morgan fingerprint density at radius 2 is 1.91 bits per heavy atom. The van der Waals surface area contributed by atoms with Crippen molar-refractivity contribution in [2.75, 3.05) is 19.7 Å². The third-order valence-electron chi connectivity index (χ3n) is 8.79. The van der Waals surface area contributed by atoms with Crippen molar-refractivity contribution < 1.29 is 23.1 Å². The number of piperidine rings is 1. The van der Waals surface area contributed by atoms with Crippen LogP contribution in [0.1, 0.15) is 92.4 Å². The number of hydrogen-bond acceptors (Lipinski definition) is 8. The number of rotatable bonds is 13. The number of pyridine rings is 1. The lowest BCUT2D eigenvalue weighted by atomic mass is 9.93. The van der Waals surface area contributed by atoms with E-state index >= 15 is 0 Å². The predicted molar refractivity (Wildman–Crippen MR) is 173 cm³/mol. The fourth-order valence-electron chi connectivity index (χ4n) is 5.69. The number of hydrogen-bond donors (Lipinski definition) is 1. The highest BCUT2D eigenvalue weighted by Gasteiger charge is 2.30. The topological polar surface area (TPSA) is 114 Å². The van der Waals surface area contributed by atoms with Crippen molar-refractivity contribution in [3.05, 3.63) is 88.7 Å². The van der Waals surface area contributed by atoms with E-state index in [1.54, 1.807) is 30.3 Å². The molecule has 46 heavy (non-hydrogen) atoms. The van der Waals surface area contributed by atoms with Crippen molar-refractivity contribution >= 4 is 17.0 Å². The number of ether oxygens (including phenoxy) is 2. The van der Waals surface area contributed by atoms with Gasteiger partial charge in [-0.3, -0.25) is 9.69 Å². The SMILES string of the molecule is CCC(CC)(COC(C)C)NC(=O)c1ccc2nc(CN3CCC(c4cccc(OCc5ccc(C#N)cc5F)n4)CC3)oc2c1. The van der Waals surface area contributed by atoms with Gasteiger partial charge in [0.15, 0.2) is 5.58 Å². The van der Waals surface area contributed by atoms with Gasteiger partial charge in [0.1, 0.15) is 17.9 Å². The molecule has 1 N–H and O–H groups in total. The van der Waals surface area contributed by atoms with Crippen LogP contribution in [0.15, 0.2) is 59.0 Å². The summed E-state index contributed by atoms with van der Waals surface area (Å²) in [4.78, 5) is 24.9. The molecule has 5 rings (SSSR count). The van der Waals surface area contributed by atoms with Gasteiger partial charge in [-0.05, 0) is 89.0 Å². The van der Waals surface area contributed by atoms with Gasteiger partial charge in [-0.25, -0.2) is 14.4 Å². The van der Waals surface area contributed by atoms with Gasteiger partial charge in [0.25, 0.3) is 5.91 Å². The number of fused-ring (bicyclic) bond motifs is 1. The molecule has 10 heteroatoms. The second-order valence-corrected chi connectivity index (χ2v) is 12.2. The van der Waals surface area contributed by atoms with Crippen LogP contribution in [-0.2, 0) is 17.9 Å². The Labute approximate surface area is 269 Å². The first-order valence-electron chi connectivity index (χ1n) is 16.0. The van der Waals surface area contributed by atoms with Crippen LogP contribution in [0.2, 0.25) is 0 Å². The molecule has 0 spiro atoms. The van der Waals surface area contributed by atoms with Gasteiger partial charge >= 0.3 is 0 Å². The number of halogens is 1. The van der Waals surface area contributed by atoms with Crippen LogP contribution < -0.4 is 10.1 Å². The molecule has 0 atom stereocenters. The van der Waals surface area contributed by atoms with Gasteiger partial charge in [-0.1, -0.05) is 26.0 Å². The van der Waals surface area contributed by atoms with Crippen molar-refractivity contribution in [1.82, 2.24) is 20.2 Å². The third-order valence-corrected chi connectivity index (χ3v) is 8.79. The number of benzene rings is 2. The lowest BCUT2D eigenvalue weighted by Crippen LogP contribution is -2.51. The molecule has 9 nitrogen and oxygen atoms in total. The molecule has 0 bridgehead atoms. The van der Waals surface area contributed by atoms with E-state index in [4.69, 9.17) is 24.1 Å². The second-order valence-electron chi connectivity index (χ2n) is 12.2. The van der Waals surface area contributed by atoms with Crippen molar-refractivity contribution in [3.8, 4) is 11.9 Å². The highest BCUT2D eigenvalue weighted by atomic mass is 19.1. The number of carbonyl (C=O) groups excluding carboxylic acids is 1. The molecule has 0 aliphatic carbocycles. The number of aromatic nitrogens is 2. The van der Waals surface area contributed by atoms with E-state index in [2.05, 4.69) is 29.0 Å². The highest BCUT2D eigenvalue weighted by molar-refractivity contribution is 5.97. The maximum atomic E-state index is 14.2. The number of oxazole rings is 1. The Bertz CT molecular complexity index is 1690.